The maximum Gasteiger partial charge on any atom is 0.736 e. The molecule has 0 unspecified atom stereocenters. The van der Waals surface area contributed by atoms with E-state index in [1.54, 1.807) is 0 Å². The summed E-state index contributed by atoms with van der Waals surface area (Å²) in [5.74, 6) is 0. The highest BCUT2D eigenvalue weighted by Crippen LogP contribution is 2.07. The van der Waals surface area contributed by atoms with E-state index < -0.39 is 251 Å². The van der Waals surface area contributed by atoms with Gasteiger partial charge in [0, 0.05) is 21.3 Å². The van der Waals surface area contributed by atoms with Crippen LogP contribution < -0.4 is 0 Å². The molecule has 66 heteroatoms. The van der Waals surface area contributed by atoms with E-state index in [1.165, 1.54) is 19.6 Å². The minimum absolute atomic E-state index is 1.01. The average molecular weight is 1530 g/mol. The third-order valence-electron chi connectivity index (χ3n) is 7.24. The first-order valence-corrected chi connectivity index (χ1v) is 93.3. The van der Waals surface area contributed by atoms with Gasteiger partial charge in [-0.1, -0.05) is 19.6 Å². The van der Waals surface area contributed by atoms with Crippen LogP contribution in [-0.2, 0) is 151 Å². The highest BCUT2D eigenvalue weighted by atomic mass is 30.1. The van der Waals surface area contributed by atoms with Crippen LogP contribution in [0.1, 0.15) is 0 Å². The van der Waals surface area contributed by atoms with Crippen LogP contribution in [-0.4, -0.2) is 273 Å². The molecule has 0 rings (SSSR count). The fraction of sp³-hybridized carbons (Fsp3) is 1.00. The van der Waals surface area contributed by atoms with Crippen LogP contribution in [0.5, 0.6) is 0 Å². The smallest absolute Gasteiger partial charge is 0.516 e. The first-order valence-electron chi connectivity index (χ1n) is 17.3. The summed E-state index contributed by atoms with van der Waals surface area (Å²) in [7, 11) is -118. The zero-order valence-corrected chi connectivity index (χ0v) is 68.3. The van der Waals surface area contributed by atoms with Crippen LogP contribution in [0.4, 0.5) is 0 Å². The van der Waals surface area contributed by atoms with E-state index in [2.05, 4.69) is 0 Å². The van der Waals surface area contributed by atoms with Gasteiger partial charge in [-0.15, -0.1) is 0 Å². The molecule has 0 aliphatic carbocycles. The second kappa shape index (κ2) is 33.9. The van der Waals surface area contributed by atoms with Gasteiger partial charge in [-0.2, -0.15) is 0 Å². The molecule has 0 radical (unpaired) electrons. The van der Waals surface area contributed by atoms with Crippen LogP contribution in [0.15, 0.2) is 0 Å². The number of hydrogen-bond acceptors (Lipinski definition) is 34. The lowest BCUT2D eigenvalue weighted by Crippen LogP contribution is -2.56. The second-order valence-corrected chi connectivity index (χ2v) is 162. The summed E-state index contributed by atoms with van der Waals surface area (Å²) in [5, 5.41) is 0. The molecule has 0 aromatic carbocycles. The molecule has 0 saturated carbocycles. The Kier molecular flexibility index (Phi) is 35.2. The Morgan fingerprint density at radius 3 is 0.597 bits per heavy atom. The lowest BCUT2D eigenvalue weighted by Gasteiger charge is -2.21. The highest BCUT2D eigenvalue weighted by Gasteiger charge is 2.58. The zero-order chi connectivity index (χ0) is 57.4. The van der Waals surface area contributed by atoms with Crippen molar-refractivity contribution in [2.75, 3.05) is 21.3 Å². The van der Waals surface area contributed by atoms with Gasteiger partial charge >= 0.3 is 244 Å². The Labute approximate surface area is 439 Å². The van der Waals surface area contributed by atoms with Crippen LogP contribution in [0.2, 0.25) is 19.6 Å². The Bertz CT molecular complexity index is 2830. The molecule has 0 aliphatic heterocycles. The van der Waals surface area contributed by atoms with Gasteiger partial charge in [-0.05, 0) is 0 Å². The fourth-order valence-corrected chi connectivity index (χ4v) is 323. The molecule has 0 spiro atoms. The molecule has 0 saturated heterocycles. The monoisotopic (exact) mass is 1530 g/mol. The van der Waals surface area contributed by atoms with Gasteiger partial charge in [0.15, 0.2) is 0 Å². The minimum atomic E-state index is -4.24. The molecule has 0 amide bonds. The third-order valence-corrected chi connectivity index (χ3v) is 232. The van der Waals surface area contributed by atoms with E-state index >= 15 is 0 Å². The van der Waals surface area contributed by atoms with Crippen molar-refractivity contribution in [1.82, 2.24) is 0 Å². The lowest BCUT2D eigenvalue weighted by atomic mass is 11.8. The first kappa shape index (κ1) is 74.7. The number of rotatable bonds is 34. The normalized spacial score (nSPS) is 10.2. The van der Waals surface area contributed by atoms with Crippen molar-refractivity contribution in [3.63, 3.8) is 0 Å². The van der Waals surface area contributed by atoms with Crippen molar-refractivity contribution in [1.29, 1.82) is 0 Å². The molecule has 0 bridgehead atoms. The fourth-order valence-electron chi connectivity index (χ4n) is 3.46. The topological polar surface area (TPSA) is 549 Å². The summed E-state index contributed by atoms with van der Waals surface area (Å²) >= 11 is 0. The molecule has 0 heterocycles. The van der Waals surface area contributed by atoms with Gasteiger partial charge in [0.2, 0.25) is 0 Å². The molecular formula is C6H20O34Si32. The van der Waals surface area contributed by atoms with Crippen molar-refractivity contribution in [2.24, 2.45) is 0 Å². The summed E-state index contributed by atoms with van der Waals surface area (Å²) in [6.45, 7) is 4.62. The summed E-state index contributed by atoms with van der Waals surface area (Å²) in [5.41, 5.74) is 0. The highest BCUT2D eigenvalue weighted by molar-refractivity contribution is 7.82. The van der Waals surface area contributed by atoms with E-state index in [9.17, 15) is 134 Å². The predicted octanol–water partition coefficient (Wildman–Crippen LogP) is -14.3. The van der Waals surface area contributed by atoms with E-state index in [0.717, 1.165) is 21.3 Å². The van der Waals surface area contributed by atoms with Crippen molar-refractivity contribution in [2.45, 2.75) is 19.6 Å². The molecule has 0 atom stereocenters. The van der Waals surface area contributed by atoms with Crippen molar-refractivity contribution >= 4 is 251 Å². The van der Waals surface area contributed by atoms with E-state index in [-0.39, 0.29) is 0 Å². The Hall–Kier alpha value is 0.620. The largest absolute Gasteiger partial charge is 0.736 e. The van der Waals surface area contributed by atoms with Gasteiger partial charge in [-0.25, -0.2) is 0 Å². The van der Waals surface area contributed by atoms with Crippen LogP contribution in [0.25, 0.3) is 0 Å². The Morgan fingerprint density at radius 1 is 0.264 bits per heavy atom. The minimum Gasteiger partial charge on any atom is -0.516 e. The summed E-state index contributed by atoms with van der Waals surface area (Å²) in [4.78, 5) is 0. The molecule has 0 aromatic heterocycles. The molecule has 34 nitrogen and oxygen atoms in total. The Morgan fingerprint density at radius 2 is 0.431 bits per heavy atom. The summed E-state index contributed by atoms with van der Waals surface area (Å²) in [6.07, 6.45) is 0. The zero-order valence-electron chi connectivity index (χ0n) is 36.0. The average Bonchev–Trinajstić information content (AvgIpc) is 3.37. The van der Waals surface area contributed by atoms with Gasteiger partial charge in [0.1, 0.15) is 7.59 Å². The molecule has 376 valence electrons. The van der Waals surface area contributed by atoms with Gasteiger partial charge in [0.05, 0.1) is 0 Å². The Balaban J connectivity index is 0. The van der Waals surface area contributed by atoms with Gasteiger partial charge in [0.25, 0.3) is 0 Å². The van der Waals surface area contributed by atoms with Crippen molar-refractivity contribution in [3.8, 4) is 0 Å². The maximum atomic E-state index is 12.3. The van der Waals surface area contributed by atoms with Crippen molar-refractivity contribution < 1.29 is 151 Å². The molecule has 0 aromatic rings. The molecule has 0 aliphatic rings. The quantitative estimate of drug-likeness (QED) is 0.0540. The van der Waals surface area contributed by atoms with Crippen LogP contribution in [0, 0.1) is 0 Å². The summed E-state index contributed by atoms with van der Waals surface area (Å²) < 4.78 is 379. The maximum absolute atomic E-state index is 12.3. The summed E-state index contributed by atoms with van der Waals surface area (Å²) in [6, 6.07) is 0. The van der Waals surface area contributed by atoms with Crippen molar-refractivity contribution in [3.05, 3.63) is 0 Å². The van der Waals surface area contributed by atoms with Gasteiger partial charge < -0.3 is 151 Å². The van der Waals surface area contributed by atoms with E-state index in [1.807, 2.05) is 0 Å². The third kappa shape index (κ3) is 20.7. The molecular weight excluding hydrogens is 1510 g/mol. The van der Waals surface area contributed by atoms with Crippen LogP contribution >= 0.6 is 0 Å². The SMILES string of the molecule is CO[Si](OC)(OC)O[Si](=O)[Si](=O)[Si](=O)[Si](=O)[Si](=O)[Si](=O)[Si](=O)[Si](=O)[Si](=O)[Si](=O)[Si](=O)[Si](=O)[Si](=O)[Si](=O)[SiH]=O.C[Si](C)(C)[Si](=O)[Si](=O)[Si](=O)[Si](=O)[Si](=O)[Si](=O)[Si](=O)[Si](=O)[Si](=O)[Si](=O)[Si](=O)[Si](=O)[Si](=O)[Si](=O)[SiH]=O. The molecule has 0 fully saturated rings. The van der Waals surface area contributed by atoms with E-state index in [0.29, 0.717) is 0 Å². The van der Waals surface area contributed by atoms with Crippen LogP contribution in [0.3, 0.4) is 0 Å². The molecule has 0 N–H and O–H groups in total. The van der Waals surface area contributed by atoms with E-state index in [4.69, 9.17) is 17.4 Å². The standard InChI is InChI=1S/C3H10O19Si16.C3H10O15Si16/c1-19-38(20-2,21-3)22-24(5)26(7)28(9)30(11)32(13)34(15)36(17)37(18)35(16)33(14)31(12)29(10)27(8)25(6)23-4;1-34(2,3)33(18)32(17)31(16)30(15)29(14)28(13)27(12)26(11)25(10)24(9)23(8)22(7)21(6)20(5)19-4/h23H,1-3H3;19H,1-3H3. The first-order chi connectivity index (χ1) is 32.8. The second-order valence-electron chi connectivity index (χ2n) is 12.9. The number of hydrogen-bond donors (Lipinski definition) is 0. The lowest BCUT2D eigenvalue weighted by molar-refractivity contribution is 0.0493. The molecule has 72 heavy (non-hydrogen) atoms. The predicted molar refractivity (Wildman–Crippen MR) is 247 cm³/mol. The van der Waals surface area contributed by atoms with Gasteiger partial charge in [-0.3, -0.25) is 0 Å².